The van der Waals surface area contributed by atoms with E-state index < -0.39 is 0 Å². The van der Waals surface area contributed by atoms with Gasteiger partial charge in [0, 0.05) is 6.42 Å². The van der Waals surface area contributed by atoms with Gasteiger partial charge in [0.2, 0.25) is 0 Å². The van der Waals surface area contributed by atoms with Crippen LogP contribution in [0.3, 0.4) is 0 Å². The molecule has 2 atom stereocenters. The molecule has 14 heavy (non-hydrogen) atoms. The van der Waals surface area contributed by atoms with E-state index in [1.165, 1.54) is 0 Å². The third kappa shape index (κ3) is 3.25. The van der Waals surface area contributed by atoms with Gasteiger partial charge < -0.3 is 9.47 Å². The first-order chi connectivity index (χ1) is 6.63. The standard InChI is InChI=1S/C10H20O2.C2H6/c1-5-7-10(6-2)11-8(3)9(4)12-10;1-2/h8-9H,5-7H2,1-4H3;1-2H3. The van der Waals surface area contributed by atoms with Crippen LogP contribution >= 0.6 is 0 Å². The van der Waals surface area contributed by atoms with Crippen LogP contribution in [0.15, 0.2) is 0 Å². The summed E-state index contributed by atoms with van der Waals surface area (Å²) in [6, 6.07) is 0. The van der Waals surface area contributed by atoms with Gasteiger partial charge in [0.25, 0.3) is 0 Å². The monoisotopic (exact) mass is 202 g/mol. The van der Waals surface area contributed by atoms with Crippen LogP contribution in [-0.2, 0) is 9.47 Å². The highest BCUT2D eigenvalue weighted by Crippen LogP contribution is 2.34. The molecule has 0 N–H and O–H groups in total. The molecule has 0 spiro atoms. The molecule has 2 heteroatoms. The Morgan fingerprint density at radius 1 is 1.00 bits per heavy atom. The topological polar surface area (TPSA) is 18.5 Å². The van der Waals surface area contributed by atoms with Crippen LogP contribution in [0.4, 0.5) is 0 Å². The summed E-state index contributed by atoms with van der Waals surface area (Å²) in [5.74, 6) is -0.270. The highest BCUT2D eigenvalue weighted by molar-refractivity contribution is 4.80. The predicted octanol–water partition coefficient (Wildman–Crippen LogP) is 3.74. The first-order valence-corrected chi connectivity index (χ1v) is 5.99. The summed E-state index contributed by atoms with van der Waals surface area (Å²) in [5.41, 5.74) is 0. The Balaban J connectivity index is 0.000000791. The van der Waals surface area contributed by atoms with Gasteiger partial charge in [0.1, 0.15) is 0 Å². The summed E-state index contributed by atoms with van der Waals surface area (Å²) < 4.78 is 11.7. The lowest BCUT2D eigenvalue weighted by molar-refractivity contribution is -0.179. The maximum atomic E-state index is 5.83. The molecule has 0 saturated carbocycles. The summed E-state index contributed by atoms with van der Waals surface area (Å²) in [6.07, 6.45) is 3.58. The van der Waals surface area contributed by atoms with Crippen LogP contribution in [0.5, 0.6) is 0 Å². The van der Waals surface area contributed by atoms with Gasteiger partial charge in [-0.25, -0.2) is 0 Å². The molecule has 1 fully saturated rings. The van der Waals surface area contributed by atoms with E-state index in [4.69, 9.17) is 9.47 Å². The Kier molecular flexibility index (Phi) is 6.38. The average molecular weight is 202 g/mol. The van der Waals surface area contributed by atoms with Crippen molar-refractivity contribution in [1.29, 1.82) is 0 Å². The van der Waals surface area contributed by atoms with Crippen LogP contribution in [0, 0.1) is 0 Å². The molecule has 86 valence electrons. The molecule has 1 aliphatic rings. The highest BCUT2D eigenvalue weighted by atomic mass is 16.8. The smallest absolute Gasteiger partial charge is 0.168 e. The van der Waals surface area contributed by atoms with E-state index in [2.05, 4.69) is 27.7 Å². The fourth-order valence-corrected chi connectivity index (χ4v) is 1.74. The average Bonchev–Trinajstić information content (AvgIpc) is 2.47. The number of ether oxygens (including phenoxy) is 2. The van der Waals surface area contributed by atoms with Crippen LogP contribution in [0.2, 0.25) is 0 Å². The molecular weight excluding hydrogens is 176 g/mol. The number of hydrogen-bond donors (Lipinski definition) is 0. The van der Waals surface area contributed by atoms with E-state index in [-0.39, 0.29) is 18.0 Å². The largest absolute Gasteiger partial charge is 0.344 e. The second kappa shape index (κ2) is 6.41. The Morgan fingerprint density at radius 3 is 1.71 bits per heavy atom. The lowest BCUT2D eigenvalue weighted by Gasteiger charge is -2.26. The normalized spacial score (nSPS) is 36.4. The van der Waals surface area contributed by atoms with Crippen molar-refractivity contribution < 1.29 is 9.47 Å². The van der Waals surface area contributed by atoms with Crippen molar-refractivity contribution in [1.82, 2.24) is 0 Å². The minimum absolute atomic E-state index is 0.247. The Labute approximate surface area is 89.0 Å². The molecule has 0 radical (unpaired) electrons. The highest BCUT2D eigenvalue weighted by Gasteiger charge is 2.41. The third-order valence-corrected chi connectivity index (χ3v) is 2.63. The second-order valence-corrected chi connectivity index (χ2v) is 3.66. The van der Waals surface area contributed by atoms with E-state index in [1.807, 2.05) is 13.8 Å². The molecule has 2 unspecified atom stereocenters. The lowest BCUT2D eigenvalue weighted by Crippen LogP contribution is -2.29. The maximum absolute atomic E-state index is 5.83. The molecule has 0 aliphatic carbocycles. The zero-order chi connectivity index (χ0) is 11.2. The molecule has 0 bridgehead atoms. The van der Waals surface area contributed by atoms with E-state index in [9.17, 15) is 0 Å². The molecule has 2 nitrogen and oxygen atoms in total. The predicted molar refractivity (Wildman–Crippen MR) is 60.4 cm³/mol. The van der Waals surface area contributed by atoms with Gasteiger partial charge in [-0.2, -0.15) is 0 Å². The summed E-state index contributed by atoms with van der Waals surface area (Å²) in [7, 11) is 0. The second-order valence-electron chi connectivity index (χ2n) is 3.66. The van der Waals surface area contributed by atoms with Crippen molar-refractivity contribution in [3.05, 3.63) is 0 Å². The zero-order valence-corrected chi connectivity index (χ0v) is 10.6. The fraction of sp³-hybridized carbons (Fsp3) is 1.00. The quantitative estimate of drug-likeness (QED) is 0.694. The molecule has 0 aromatic rings. The van der Waals surface area contributed by atoms with Gasteiger partial charge in [-0.1, -0.05) is 34.1 Å². The van der Waals surface area contributed by atoms with Crippen LogP contribution in [0.1, 0.15) is 60.8 Å². The van der Waals surface area contributed by atoms with Gasteiger partial charge in [0.15, 0.2) is 5.79 Å². The van der Waals surface area contributed by atoms with Crippen molar-refractivity contribution in [2.24, 2.45) is 0 Å². The van der Waals surface area contributed by atoms with Crippen molar-refractivity contribution in [2.45, 2.75) is 78.8 Å². The lowest BCUT2D eigenvalue weighted by atomic mass is 10.1. The summed E-state index contributed by atoms with van der Waals surface area (Å²) in [6.45, 7) is 12.5. The Hall–Kier alpha value is -0.0800. The summed E-state index contributed by atoms with van der Waals surface area (Å²) in [4.78, 5) is 0. The Bertz CT molecular complexity index is 135. The first kappa shape index (κ1) is 13.9. The maximum Gasteiger partial charge on any atom is 0.168 e. The summed E-state index contributed by atoms with van der Waals surface area (Å²) >= 11 is 0. The van der Waals surface area contributed by atoms with E-state index in [0.29, 0.717) is 0 Å². The molecule has 1 rings (SSSR count). The SMILES string of the molecule is CC.CCCC1(CC)OC(C)C(C)O1. The van der Waals surface area contributed by atoms with Crippen LogP contribution in [-0.4, -0.2) is 18.0 Å². The van der Waals surface area contributed by atoms with Crippen molar-refractivity contribution in [3.63, 3.8) is 0 Å². The molecule has 1 aliphatic heterocycles. The van der Waals surface area contributed by atoms with Crippen molar-refractivity contribution in [2.75, 3.05) is 0 Å². The Morgan fingerprint density at radius 2 is 1.43 bits per heavy atom. The first-order valence-electron chi connectivity index (χ1n) is 5.99. The van der Waals surface area contributed by atoms with Gasteiger partial charge >= 0.3 is 0 Å². The minimum Gasteiger partial charge on any atom is -0.344 e. The van der Waals surface area contributed by atoms with Gasteiger partial charge in [0.05, 0.1) is 12.2 Å². The van der Waals surface area contributed by atoms with Gasteiger partial charge in [-0.15, -0.1) is 0 Å². The van der Waals surface area contributed by atoms with Crippen LogP contribution in [0.25, 0.3) is 0 Å². The molecule has 0 aromatic carbocycles. The van der Waals surface area contributed by atoms with E-state index in [1.54, 1.807) is 0 Å². The summed E-state index contributed by atoms with van der Waals surface area (Å²) in [5, 5.41) is 0. The molecule has 1 saturated heterocycles. The molecule has 0 aromatic heterocycles. The third-order valence-electron chi connectivity index (χ3n) is 2.63. The molecule has 0 amide bonds. The zero-order valence-electron chi connectivity index (χ0n) is 10.6. The van der Waals surface area contributed by atoms with E-state index >= 15 is 0 Å². The number of hydrogen-bond acceptors (Lipinski definition) is 2. The van der Waals surface area contributed by atoms with Crippen molar-refractivity contribution >= 4 is 0 Å². The van der Waals surface area contributed by atoms with Gasteiger partial charge in [-0.3, -0.25) is 0 Å². The fourth-order valence-electron chi connectivity index (χ4n) is 1.74. The minimum atomic E-state index is -0.270. The molecular formula is C12H26O2. The van der Waals surface area contributed by atoms with Crippen molar-refractivity contribution in [3.8, 4) is 0 Å². The van der Waals surface area contributed by atoms with E-state index in [0.717, 1.165) is 19.3 Å². The number of rotatable bonds is 3. The van der Waals surface area contributed by atoms with Crippen LogP contribution < -0.4 is 0 Å². The molecule has 1 heterocycles. The van der Waals surface area contributed by atoms with Gasteiger partial charge in [-0.05, 0) is 20.3 Å².